The van der Waals surface area contributed by atoms with E-state index in [1.54, 1.807) is 18.2 Å². The molecular weight excluding hydrogens is 447 g/mol. The van der Waals surface area contributed by atoms with Crippen LogP contribution in [0.3, 0.4) is 0 Å². The highest BCUT2D eigenvalue weighted by Gasteiger charge is 2.31. The predicted molar refractivity (Wildman–Crippen MR) is 118 cm³/mol. The largest absolute Gasteiger partial charge is 0.416 e. The summed E-state index contributed by atoms with van der Waals surface area (Å²) in [6.45, 7) is 1.81. The first-order valence-corrected chi connectivity index (χ1v) is 9.79. The summed E-state index contributed by atoms with van der Waals surface area (Å²) in [4.78, 5) is 20.6. The van der Waals surface area contributed by atoms with Gasteiger partial charge in [-0.15, -0.1) is 5.10 Å². The van der Waals surface area contributed by atoms with Crippen LogP contribution in [-0.4, -0.2) is 30.6 Å². The molecule has 0 saturated heterocycles. The number of aryl methyl sites for hydroxylation is 1. The summed E-state index contributed by atoms with van der Waals surface area (Å²) < 4.78 is 41.7. The van der Waals surface area contributed by atoms with Gasteiger partial charge in [-0.25, -0.2) is 9.97 Å². The van der Waals surface area contributed by atoms with Crippen LogP contribution in [0.2, 0.25) is 0 Å². The minimum absolute atomic E-state index is 0.0146. The molecular formula is C23H16F3N7O. The molecule has 0 saturated carbocycles. The molecule has 34 heavy (non-hydrogen) atoms. The maximum Gasteiger partial charge on any atom is 0.416 e. The summed E-state index contributed by atoms with van der Waals surface area (Å²) >= 11 is 0. The Balaban J connectivity index is 1.63. The van der Waals surface area contributed by atoms with Crippen molar-refractivity contribution in [3.63, 3.8) is 0 Å². The summed E-state index contributed by atoms with van der Waals surface area (Å²) in [5.41, 5.74) is 6.63. The first-order valence-electron chi connectivity index (χ1n) is 9.79. The molecule has 0 spiro atoms. The van der Waals surface area contributed by atoms with E-state index < -0.39 is 17.6 Å². The number of carbonyl (C=O) groups is 1. The van der Waals surface area contributed by atoms with Gasteiger partial charge in [-0.3, -0.25) is 4.79 Å². The lowest BCUT2D eigenvalue weighted by Crippen LogP contribution is -2.14. The van der Waals surface area contributed by atoms with Crippen molar-refractivity contribution < 1.29 is 18.0 Å². The van der Waals surface area contributed by atoms with Crippen LogP contribution in [0.4, 0.5) is 24.8 Å². The zero-order chi connectivity index (χ0) is 24.3. The monoisotopic (exact) mass is 463 g/mol. The fourth-order valence-electron chi connectivity index (χ4n) is 3.02. The second-order valence-electron chi connectivity index (χ2n) is 7.17. The third-order valence-electron chi connectivity index (χ3n) is 4.71. The number of hydrogen-bond acceptors (Lipinski definition) is 6. The Bertz CT molecular complexity index is 1420. The fraction of sp³-hybridized carbons (Fsp3) is 0.0870. The maximum atomic E-state index is 13.4. The number of anilines is 2. The summed E-state index contributed by atoms with van der Waals surface area (Å²) in [7, 11) is 0. The van der Waals surface area contributed by atoms with Crippen molar-refractivity contribution in [3.8, 4) is 17.5 Å². The van der Waals surface area contributed by atoms with E-state index in [9.17, 15) is 18.0 Å². The predicted octanol–water partition coefficient (Wildman–Crippen LogP) is 3.62. The highest BCUT2D eigenvalue weighted by atomic mass is 19.4. The van der Waals surface area contributed by atoms with Gasteiger partial charge in [0.2, 0.25) is 5.95 Å². The molecule has 4 rings (SSSR count). The molecule has 0 aliphatic heterocycles. The Labute approximate surface area is 191 Å². The van der Waals surface area contributed by atoms with Crippen molar-refractivity contribution in [3.05, 3.63) is 89.3 Å². The first kappa shape index (κ1) is 22.5. The number of nitrogen functional groups attached to an aromatic ring is 1. The van der Waals surface area contributed by atoms with Gasteiger partial charge in [0.15, 0.2) is 0 Å². The number of hydrogen-bond donors (Lipinski definition) is 2. The van der Waals surface area contributed by atoms with E-state index in [0.29, 0.717) is 11.3 Å². The van der Waals surface area contributed by atoms with Crippen molar-refractivity contribution in [2.75, 3.05) is 11.1 Å². The molecule has 11 heteroatoms. The van der Waals surface area contributed by atoms with E-state index in [4.69, 9.17) is 5.73 Å². The third-order valence-corrected chi connectivity index (χ3v) is 4.71. The number of imidazole rings is 1. The highest BCUT2D eigenvalue weighted by molar-refractivity contribution is 6.04. The van der Waals surface area contributed by atoms with Crippen molar-refractivity contribution in [1.82, 2.24) is 24.7 Å². The van der Waals surface area contributed by atoms with Crippen molar-refractivity contribution >= 4 is 17.5 Å². The SMILES string of the molecule is Cc1ccc(C(=O)Nc2cc(-n3ccnc3)cc(C(F)(F)F)c2)cc1C#Cc1cnnc(N)n1. The fourth-order valence-corrected chi connectivity index (χ4v) is 3.02. The number of rotatable bonds is 3. The Morgan fingerprint density at radius 3 is 2.68 bits per heavy atom. The van der Waals surface area contributed by atoms with Gasteiger partial charge in [0.1, 0.15) is 5.69 Å². The number of amides is 1. The van der Waals surface area contributed by atoms with E-state index in [1.807, 2.05) is 6.92 Å². The van der Waals surface area contributed by atoms with Crippen LogP contribution in [0.1, 0.15) is 32.7 Å². The number of benzene rings is 2. The smallest absolute Gasteiger partial charge is 0.366 e. The molecule has 0 atom stereocenters. The average Bonchev–Trinajstić information content (AvgIpc) is 3.33. The number of alkyl halides is 3. The lowest BCUT2D eigenvalue weighted by atomic mass is 10.0. The lowest BCUT2D eigenvalue weighted by molar-refractivity contribution is -0.137. The first-order chi connectivity index (χ1) is 16.2. The van der Waals surface area contributed by atoms with E-state index in [2.05, 4.69) is 37.3 Å². The number of aromatic nitrogens is 5. The maximum absolute atomic E-state index is 13.4. The number of nitrogens with two attached hydrogens (primary N) is 1. The summed E-state index contributed by atoms with van der Waals surface area (Å²) in [5.74, 6) is 5.08. The van der Waals surface area contributed by atoms with Gasteiger partial charge in [0.05, 0.1) is 18.1 Å². The highest BCUT2D eigenvalue weighted by Crippen LogP contribution is 2.33. The van der Waals surface area contributed by atoms with Crippen LogP contribution in [0, 0.1) is 18.8 Å². The van der Waals surface area contributed by atoms with E-state index in [1.165, 1.54) is 35.6 Å². The number of nitrogens with one attached hydrogen (secondary N) is 1. The van der Waals surface area contributed by atoms with Gasteiger partial charge in [-0.1, -0.05) is 12.0 Å². The molecule has 0 aliphatic rings. The zero-order valence-electron chi connectivity index (χ0n) is 17.6. The van der Waals surface area contributed by atoms with Crippen LogP contribution in [-0.2, 0) is 6.18 Å². The van der Waals surface area contributed by atoms with Crippen molar-refractivity contribution in [1.29, 1.82) is 0 Å². The van der Waals surface area contributed by atoms with Gasteiger partial charge < -0.3 is 15.6 Å². The zero-order valence-corrected chi connectivity index (χ0v) is 17.6. The number of halogens is 3. The molecule has 3 N–H and O–H groups in total. The topological polar surface area (TPSA) is 112 Å². The summed E-state index contributed by atoms with van der Waals surface area (Å²) in [6.07, 6.45) is 1.07. The van der Waals surface area contributed by atoms with Crippen LogP contribution in [0.25, 0.3) is 5.69 Å². The molecule has 170 valence electrons. The molecule has 4 aromatic rings. The van der Waals surface area contributed by atoms with Crippen LogP contribution in [0.15, 0.2) is 61.3 Å². The Kier molecular flexibility index (Phi) is 5.97. The third kappa shape index (κ3) is 5.18. The molecule has 2 heterocycles. The van der Waals surface area contributed by atoms with Gasteiger partial charge in [-0.05, 0) is 48.7 Å². The van der Waals surface area contributed by atoms with Crippen LogP contribution in [0.5, 0.6) is 0 Å². The standard InChI is InChI=1S/C23H16F3N7O/c1-14-2-3-16(8-15(14)4-5-18-12-29-32-22(27)31-18)21(34)30-19-9-17(23(24,25)26)10-20(11-19)33-7-6-28-13-33/h2-3,6-13H,1H3,(H,30,34)(H2,27,31,32). The van der Waals surface area contributed by atoms with E-state index >= 15 is 0 Å². The Hall–Kier alpha value is -4.72. The minimum Gasteiger partial charge on any atom is -0.366 e. The van der Waals surface area contributed by atoms with Gasteiger partial charge >= 0.3 is 6.18 Å². The van der Waals surface area contributed by atoms with E-state index in [-0.39, 0.29) is 22.9 Å². The molecule has 0 aliphatic carbocycles. The number of carbonyl (C=O) groups excluding carboxylic acids is 1. The molecule has 0 unspecified atom stereocenters. The Morgan fingerprint density at radius 2 is 1.97 bits per heavy atom. The molecule has 2 aromatic carbocycles. The lowest BCUT2D eigenvalue weighted by Gasteiger charge is -2.14. The van der Waals surface area contributed by atoms with Gasteiger partial charge in [0.25, 0.3) is 5.91 Å². The van der Waals surface area contributed by atoms with Crippen LogP contribution < -0.4 is 11.1 Å². The van der Waals surface area contributed by atoms with Crippen molar-refractivity contribution in [2.45, 2.75) is 13.1 Å². The molecule has 8 nitrogen and oxygen atoms in total. The van der Waals surface area contributed by atoms with E-state index in [0.717, 1.165) is 17.7 Å². The van der Waals surface area contributed by atoms with Crippen LogP contribution >= 0.6 is 0 Å². The Morgan fingerprint density at radius 1 is 1.15 bits per heavy atom. The van der Waals surface area contributed by atoms with Gasteiger partial charge in [-0.2, -0.15) is 18.3 Å². The normalized spacial score (nSPS) is 10.9. The second kappa shape index (κ2) is 9.03. The molecule has 0 radical (unpaired) electrons. The second-order valence-corrected chi connectivity index (χ2v) is 7.17. The average molecular weight is 463 g/mol. The molecule has 2 aromatic heterocycles. The molecule has 0 bridgehead atoms. The number of nitrogens with zero attached hydrogens (tertiary/aromatic N) is 5. The summed E-state index contributed by atoms with van der Waals surface area (Å²) in [6, 6.07) is 8.07. The minimum atomic E-state index is -4.60. The van der Waals surface area contributed by atoms with Gasteiger partial charge in [0, 0.05) is 34.9 Å². The summed E-state index contributed by atoms with van der Waals surface area (Å²) in [5, 5.41) is 9.76. The molecule has 1 amide bonds. The molecule has 0 fully saturated rings. The van der Waals surface area contributed by atoms with Crippen molar-refractivity contribution in [2.24, 2.45) is 0 Å². The quantitative estimate of drug-likeness (QED) is 0.449.